The molecule has 0 aliphatic carbocycles. The Morgan fingerprint density at radius 3 is 2.92 bits per heavy atom. The third-order valence-corrected chi connectivity index (χ3v) is 3.25. The first-order chi connectivity index (χ1) is 6.15. The fourth-order valence-electron chi connectivity index (χ4n) is 0.883. The van der Waals surface area contributed by atoms with Crippen LogP contribution in [0.1, 0.15) is 6.92 Å². The highest BCUT2D eigenvalue weighted by Gasteiger charge is 2.02. The molecule has 0 fully saturated rings. The zero-order valence-corrected chi connectivity index (χ0v) is 8.95. The topological polar surface area (TPSA) is 76.7 Å². The van der Waals surface area contributed by atoms with E-state index in [1.165, 1.54) is 0 Å². The number of nitrogens with one attached hydrogen (secondary N) is 1. The number of nitrogen functional groups attached to an aromatic ring is 1. The van der Waals surface area contributed by atoms with Crippen molar-refractivity contribution in [1.29, 1.82) is 0 Å². The summed E-state index contributed by atoms with van der Waals surface area (Å²) in [5, 5.41) is 6.32. The van der Waals surface area contributed by atoms with Crippen molar-refractivity contribution >= 4 is 29.0 Å². The summed E-state index contributed by atoms with van der Waals surface area (Å²) < 4.78 is 13.2. The second kappa shape index (κ2) is 4.52. The van der Waals surface area contributed by atoms with Crippen molar-refractivity contribution in [3.05, 3.63) is 4.77 Å². The smallest absolute Gasteiger partial charge is 0.220 e. The summed E-state index contributed by atoms with van der Waals surface area (Å²) in [5.74, 6) is 1.57. The summed E-state index contributed by atoms with van der Waals surface area (Å²) >= 11 is 4.93. The van der Waals surface area contributed by atoms with E-state index in [9.17, 15) is 4.21 Å². The minimum atomic E-state index is -0.793. The van der Waals surface area contributed by atoms with Crippen LogP contribution in [0.4, 0.5) is 5.95 Å². The molecule has 0 aromatic carbocycles. The predicted octanol–water partition coefficient (Wildman–Crippen LogP) is 0.291. The van der Waals surface area contributed by atoms with Gasteiger partial charge < -0.3 is 5.73 Å². The summed E-state index contributed by atoms with van der Waals surface area (Å²) in [6.07, 6.45) is 0. The molecule has 3 N–H and O–H groups in total. The van der Waals surface area contributed by atoms with Crippen molar-refractivity contribution in [2.24, 2.45) is 0 Å². The van der Waals surface area contributed by atoms with Crippen LogP contribution in [0.15, 0.2) is 0 Å². The fraction of sp³-hybridized carbons (Fsp3) is 0.667. The van der Waals surface area contributed by atoms with Crippen molar-refractivity contribution in [2.45, 2.75) is 13.5 Å². The van der Waals surface area contributed by atoms with Gasteiger partial charge in [0, 0.05) is 28.9 Å². The number of nitrogens with zero attached hydrogens (tertiary/aromatic N) is 2. The van der Waals surface area contributed by atoms with Gasteiger partial charge in [-0.25, -0.2) is 5.10 Å². The molecule has 1 unspecified atom stereocenters. The number of H-pyrrole nitrogens is 1. The maximum absolute atomic E-state index is 11.1. The van der Waals surface area contributed by atoms with Gasteiger partial charge in [0.15, 0.2) is 4.77 Å². The minimum absolute atomic E-state index is 0.345. The number of hydrogen-bond acceptors (Lipinski definition) is 4. The largest absolute Gasteiger partial charge is 0.368 e. The highest BCUT2D eigenvalue weighted by atomic mass is 32.2. The van der Waals surface area contributed by atoms with E-state index < -0.39 is 10.8 Å². The lowest BCUT2D eigenvalue weighted by molar-refractivity contribution is 0.674. The third kappa shape index (κ3) is 2.63. The molecule has 1 rings (SSSR count). The highest BCUT2D eigenvalue weighted by molar-refractivity contribution is 7.84. The summed E-state index contributed by atoms with van der Waals surface area (Å²) in [6.45, 7) is 2.44. The van der Waals surface area contributed by atoms with Crippen molar-refractivity contribution in [3.63, 3.8) is 0 Å². The van der Waals surface area contributed by atoms with Gasteiger partial charge in [-0.1, -0.05) is 6.92 Å². The number of nitrogens with two attached hydrogens (primary N) is 1. The van der Waals surface area contributed by atoms with Gasteiger partial charge in [-0.05, 0) is 12.2 Å². The van der Waals surface area contributed by atoms with Gasteiger partial charge in [-0.2, -0.15) is 0 Å². The molecule has 0 saturated carbocycles. The Hall–Kier alpha value is -0.690. The van der Waals surface area contributed by atoms with E-state index in [1.54, 1.807) is 4.57 Å². The van der Waals surface area contributed by atoms with Crippen molar-refractivity contribution in [1.82, 2.24) is 14.8 Å². The fourth-order valence-corrected chi connectivity index (χ4v) is 1.79. The Bertz CT molecular complexity index is 356. The Labute approximate surface area is 83.8 Å². The average molecular weight is 220 g/mol. The van der Waals surface area contributed by atoms with E-state index in [4.69, 9.17) is 18.0 Å². The number of hydrogen-bond donors (Lipinski definition) is 2. The van der Waals surface area contributed by atoms with Gasteiger partial charge in [-0.15, -0.1) is 5.10 Å². The molecule has 1 aromatic heterocycles. The molecule has 1 heterocycles. The number of aromatic nitrogens is 3. The highest BCUT2D eigenvalue weighted by Crippen LogP contribution is 1.99. The van der Waals surface area contributed by atoms with Gasteiger partial charge in [0.05, 0.1) is 0 Å². The molecule has 1 aromatic rings. The van der Waals surface area contributed by atoms with Crippen LogP contribution >= 0.6 is 12.2 Å². The normalized spacial score (nSPS) is 13.0. The van der Waals surface area contributed by atoms with E-state index >= 15 is 0 Å². The Kier molecular flexibility index (Phi) is 3.61. The number of aromatic amines is 1. The quantitative estimate of drug-likeness (QED) is 0.715. The molecule has 7 heteroatoms. The average Bonchev–Trinajstić information content (AvgIpc) is 2.43. The molecule has 0 aliphatic rings. The second-order valence-corrected chi connectivity index (χ2v) is 4.72. The molecule has 13 heavy (non-hydrogen) atoms. The summed E-state index contributed by atoms with van der Waals surface area (Å²) in [5.41, 5.74) is 5.52. The van der Waals surface area contributed by atoms with Crippen LogP contribution in [0, 0.1) is 4.77 Å². The lowest BCUT2D eigenvalue weighted by atomic mass is 10.7. The summed E-state index contributed by atoms with van der Waals surface area (Å²) in [6, 6.07) is 0. The summed E-state index contributed by atoms with van der Waals surface area (Å²) in [7, 11) is -0.793. The van der Waals surface area contributed by atoms with Crippen LogP contribution in [0.3, 0.4) is 0 Å². The zero-order valence-electron chi connectivity index (χ0n) is 7.32. The third-order valence-electron chi connectivity index (χ3n) is 1.65. The zero-order chi connectivity index (χ0) is 9.84. The monoisotopic (exact) mass is 220 g/mol. The van der Waals surface area contributed by atoms with E-state index in [2.05, 4.69) is 10.2 Å². The molecule has 0 aliphatic heterocycles. The van der Waals surface area contributed by atoms with Crippen molar-refractivity contribution in [2.75, 3.05) is 17.2 Å². The van der Waals surface area contributed by atoms with Gasteiger partial charge in [0.25, 0.3) is 0 Å². The lowest BCUT2D eigenvalue weighted by Crippen LogP contribution is -2.11. The molecular formula is C6H12N4OS2. The van der Waals surface area contributed by atoms with E-state index in [-0.39, 0.29) is 0 Å². The number of rotatable bonds is 4. The van der Waals surface area contributed by atoms with Gasteiger partial charge in [-0.3, -0.25) is 8.78 Å². The van der Waals surface area contributed by atoms with E-state index in [0.717, 1.165) is 0 Å². The molecule has 0 saturated heterocycles. The molecule has 0 amide bonds. The standard InChI is InChI=1S/C6H12N4OS2/c1-2-13(11)4-3-10-5(7)8-9-6(10)12/h2-4H2,1H3,(H2,7,8)(H,9,12). The Morgan fingerprint density at radius 2 is 2.46 bits per heavy atom. The van der Waals surface area contributed by atoms with Crippen LogP contribution in [0.5, 0.6) is 0 Å². The van der Waals surface area contributed by atoms with Crippen LogP contribution in [0.2, 0.25) is 0 Å². The molecule has 74 valence electrons. The lowest BCUT2D eigenvalue weighted by Gasteiger charge is -2.01. The van der Waals surface area contributed by atoms with Gasteiger partial charge in [0.1, 0.15) is 0 Å². The summed E-state index contributed by atoms with van der Waals surface area (Å²) in [4.78, 5) is 0. The Morgan fingerprint density at radius 1 is 1.77 bits per heavy atom. The minimum Gasteiger partial charge on any atom is -0.368 e. The SMILES string of the molecule is CCS(=O)CCn1c(N)n[nH]c1=S. The maximum Gasteiger partial charge on any atom is 0.220 e. The second-order valence-electron chi connectivity index (χ2n) is 2.47. The van der Waals surface area contributed by atoms with Crippen molar-refractivity contribution < 1.29 is 4.21 Å². The molecule has 1 atom stereocenters. The molecule has 0 spiro atoms. The molecule has 5 nitrogen and oxygen atoms in total. The maximum atomic E-state index is 11.1. The predicted molar refractivity (Wildman–Crippen MR) is 55.4 cm³/mol. The van der Waals surface area contributed by atoms with Gasteiger partial charge in [0.2, 0.25) is 5.95 Å². The van der Waals surface area contributed by atoms with E-state index in [1.807, 2.05) is 6.92 Å². The first-order valence-electron chi connectivity index (χ1n) is 3.90. The molecule has 0 bridgehead atoms. The number of anilines is 1. The van der Waals surface area contributed by atoms with Gasteiger partial charge >= 0.3 is 0 Å². The Balaban J connectivity index is 2.64. The molecule has 0 radical (unpaired) electrons. The van der Waals surface area contributed by atoms with Crippen LogP contribution in [-0.4, -0.2) is 30.5 Å². The van der Waals surface area contributed by atoms with E-state index in [0.29, 0.717) is 28.8 Å². The first kappa shape index (κ1) is 10.4. The molecular weight excluding hydrogens is 208 g/mol. The van der Waals surface area contributed by atoms with Crippen LogP contribution in [-0.2, 0) is 17.3 Å². The van der Waals surface area contributed by atoms with Crippen LogP contribution in [0.25, 0.3) is 0 Å². The van der Waals surface area contributed by atoms with Crippen LogP contribution < -0.4 is 5.73 Å². The van der Waals surface area contributed by atoms with Crippen molar-refractivity contribution in [3.8, 4) is 0 Å². The first-order valence-corrected chi connectivity index (χ1v) is 5.80.